The van der Waals surface area contributed by atoms with Crippen molar-refractivity contribution >= 4 is 5.91 Å². The molecule has 7 nitrogen and oxygen atoms in total. The van der Waals surface area contributed by atoms with Crippen LogP contribution in [0.1, 0.15) is 24.2 Å². The minimum atomic E-state index is -0.170. The summed E-state index contributed by atoms with van der Waals surface area (Å²) in [4.78, 5) is 18.9. The van der Waals surface area contributed by atoms with Gasteiger partial charge in [0.15, 0.2) is 11.9 Å². The molecule has 2 aliphatic heterocycles. The highest BCUT2D eigenvalue weighted by atomic mass is 16.6. The maximum atomic E-state index is 12.3. The summed E-state index contributed by atoms with van der Waals surface area (Å²) in [5.41, 5.74) is 2.33. The number of benzene rings is 1. The zero-order valence-electron chi connectivity index (χ0n) is 17.0. The fourth-order valence-corrected chi connectivity index (χ4v) is 4.69. The number of amides is 1. The van der Waals surface area contributed by atoms with Crippen molar-refractivity contribution < 1.29 is 19.4 Å². The van der Waals surface area contributed by atoms with Crippen LogP contribution in [0.5, 0.6) is 11.6 Å². The molecule has 3 aliphatic rings. The lowest BCUT2D eigenvalue weighted by molar-refractivity contribution is -0.124. The third-order valence-electron chi connectivity index (χ3n) is 6.37. The summed E-state index contributed by atoms with van der Waals surface area (Å²) in [5, 5.41) is 12.0. The summed E-state index contributed by atoms with van der Waals surface area (Å²) >= 11 is 0. The SMILES string of the molecule is CC(CO)NC(=O)C1C2CN(Cc3ccc(C4COc5cccnc5O4)cc3)CC21. The molecule has 1 aromatic carbocycles. The van der Waals surface area contributed by atoms with Crippen LogP contribution < -0.4 is 14.8 Å². The molecular formula is C23H27N3O4. The Labute approximate surface area is 176 Å². The molecule has 1 saturated carbocycles. The number of hydrogen-bond donors (Lipinski definition) is 2. The molecular weight excluding hydrogens is 382 g/mol. The van der Waals surface area contributed by atoms with Gasteiger partial charge in [-0.2, -0.15) is 0 Å². The maximum Gasteiger partial charge on any atom is 0.257 e. The minimum Gasteiger partial charge on any atom is -0.484 e. The van der Waals surface area contributed by atoms with E-state index in [1.165, 1.54) is 5.56 Å². The molecule has 5 rings (SSSR count). The normalized spacial score (nSPS) is 27.9. The molecule has 1 aromatic heterocycles. The van der Waals surface area contributed by atoms with E-state index in [1.807, 2.05) is 19.1 Å². The number of aliphatic hydroxyl groups excluding tert-OH is 1. The molecule has 158 valence electrons. The predicted octanol–water partition coefficient (Wildman–Crippen LogP) is 1.77. The zero-order valence-corrected chi connectivity index (χ0v) is 17.0. The van der Waals surface area contributed by atoms with E-state index in [-0.39, 0.29) is 30.6 Å². The number of nitrogens with zero attached hydrogens (tertiary/aromatic N) is 2. The van der Waals surface area contributed by atoms with Crippen molar-refractivity contribution in [1.29, 1.82) is 0 Å². The zero-order chi connectivity index (χ0) is 20.7. The predicted molar refractivity (Wildman–Crippen MR) is 110 cm³/mol. The molecule has 2 aromatic rings. The van der Waals surface area contributed by atoms with E-state index >= 15 is 0 Å². The van der Waals surface area contributed by atoms with Gasteiger partial charge in [0.25, 0.3) is 5.88 Å². The van der Waals surface area contributed by atoms with Crippen LogP contribution in [0.15, 0.2) is 42.6 Å². The highest BCUT2D eigenvalue weighted by Gasteiger charge is 2.59. The quantitative estimate of drug-likeness (QED) is 0.757. The Morgan fingerprint density at radius 2 is 2.03 bits per heavy atom. The lowest BCUT2D eigenvalue weighted by atomic mass is 10.1. The van der Waals surface area contributed by atoms with Gasteiger partial charge in [-0.1, -0.05) is 24.3 Å². The first-order valence-electron chi connectivity index (χ1n) is 10.6. The molecule has 2 N–H and O–H groups in total. The number of likely N-dealkylation sites (tertiary alicyclic amines) is 1. The second kappa shape index (κ2) is 7.89. The van der Waals surface area contributed by atoms with Crippen molar-refractivity contribution in [3.63, 3.8) is 0 Å². The van der Waals surface area contributed by atoms with E-state index in [1.54, 1.807) is 6.20 Å². The largest absolute Gasteiger partial charge is 0.484 e. The van der Waals surface area contributed by atoms with E-state index in [2.05, 4.69) is 39.5 Å². The van der Waals surface area contributed by atoms with E-state index < -0.39 is 0 Å². The average Bonchev–Trinajstić information content (AvgIpc) is 3.29. The van der Waals surface area contributed by atoms with Gasteiger partial charge in [-0.25, -0.2) is 4.98 Å². The van der Waals surface area contributed by atoms with Gasteiger partial charge in [0, 0.05) is 37.8 Å². The third kappa shape index (κ3) is 3.75. The first-order chi connectivity index (χ1) is 14.6. The van der Waals surface area contributed by atoms with Gasteiger partial charge >= 0.3 is 0 Å². The van der Waals surface area contributed by atoms with Crippen LogP contribution in [-0.4, -0.2) is 53.2 Å². The second-order valence-corrected chi connectivity index (χ2v) is 8.61. The Hall–Kier alpha value is -2.64. The lowest BCUT2D eigenvalue weighted by Crippen LogP contribution is -2.38. The van der Waals surface area contributed by atoms with E-state index in [9.17, 15) is 4.79 Å². The van der Waals surface area contributed by atoms with Crippen molar-refractivity contribution in [3.8, 4) is 11.6 Å². The number of ether oxygens (including phenoxy) is 2. The van der Waals surface area contributed by atoms with Gasteiger partial charge in [0.1, 0.15) is 6.61 Å². The first-order valence-corrected chi connectivity index (χ1v) is 10.6. The van der Waals surface area contributed by atoms with E-state index in [4.69, 9.17) is 14.6 Å². The van der Waals surface area contributed by atoms with Crippen molar-refractivity contribution in [2.45, 2.75) is 25.6 Å². The molecule has 2 fully saturated rings. The van der Waals surface area contributed by atoms with Gasteiger partial charge in [-0.3, -0.25) is 9.69 Å². The molecule has 0 radical (unpaired) electrons. The number of carbonyl (C=O) groups is 1. The Balaban J connectivity index is 1.13. The lowest BCUT2D eigenvalue weighted by Gasteiger charge is -2.26. The van der Waals surface area contributed by atoms with Crippen molar-refractivity contribution in [3.05, 3.63) is 53.7 Å². The highest BCUT2D eigenvalue weighted by molar-refractivity contribution is 5.82. The number of piperidine rings is 1. The number of fused-ring (bicyclic) bond motifs is 2. The van der Waals surface area contributed by atoms with Crippen LogP contribution in [-0.2, 0) is 11.3 Å². The fraction of sp³-hybridized carbons (Fsp3) is 0.478. The molecule has 4 atom stereocenters. The van der Waals surface area contributed by atoms with Crippen LogP contribution in [0.3, 0.4) is 0 Å². The summed E-state index contributed by atoms with van der Waals surface area (Å²) in [5.74, 6) is 2.36. The number of nitrogens with one attached hydrogen (secondary N) is 1. The molecule has 3 heterocycles. The number of aromatic nitrogens is 1. The van der Waals surface area contributed by atoms with Crippen LogP contribution in [0.4, 0.5) is 0 Å². The summed E-state index contributed by atoms with van der Waals surface area (Å²) in [7, 11) is 0. The Morgan fingerprint density at radius 1 is 1.27 bits per heavy atom. The maximum absolute atomic E-state index is 12.3. The molecule has 0 bridgehead atoms. The summed E-state index contributed by atoms with van der Waals surface area (Å²) < 4.78 is 11.7. The topological polar surface area (TPSA) is 83.9 Å². The number of pyridine rings is 1. The van der Waals surface area contributed by atoms with Gasteiger partial charge in [0.2, 0.25) is 5.91 Å². The first kappa shape index (κ1) is 19.3. The van der Waals surface area contributed by atoms with Gasteiger partial charge in [0.05, 0.1) is 6.61 Å². The summed E-state index contributed by atoms with van der Waals surface area (Å²) in [6.07, 6.45) is 1.55. The van der Waals surface area contributed by atoms with Crippen LogP contribution in [0.25, 0.3) is 0 Å². The van der Waals surface area contributed by atoms with Gasteiger partial charge in [-0.05, 0) is 42.0 Å². The number of rotatable bonds is 6. The van der Waals surface area contributed by atoms with E-state index in [0.717, 1.165) is 25.2 Å². The number of carbonyl (C=O) groups excluding carboxylic acids is 1. The van der Waals surface area contributed by atoms with Gasteiger partial charge < -0.3 is 19.9 Å². The molecule has 1 amide bonds. The second-order valence-electron chi connectivity index (χ2n) is 8.61. The standard InChI is InChI=1S/C23H27N3O4/c1-14(12-27)25-22(28)21-17-10-26(11-18(17)21)9-15-4-6-16(7-5-15)20-13-29-19-3-2-8-24-23(19)30-20/h2-8,14,17-18,20-21,27H,9-13H2,1H3,(H,25,28). The van der Waals surface area contributed by atoms with Crippen LogP contribution in [0, 0.1) is 17.8 Å². The molecule has 30 heavy (non-hydrogen) atoms. The highest BCUT2D eigenvalue weighted by Crippen LogP contribution is 2.52. The summed E-state index contributed by atoms with van der Waals surface area (Å²) in [6, 6.07) is 12.0. The average molecular weight is 409 g/mol. The smallest absolute Gasteiger partial charge is 0.257 e. The third-order valence-corrected chi connectivity index (χ3v) is 6.37. The van der Waals surface area contributed by atoms with Crippen molar-refractivity contribution in [1.82, 2.24) is 15.2 Å². The molecule has 4 unspecified atom stereocenters. The van der Waals surface area contributed by atoms with Crippen molar-refractivity contribution in [2.24, 2.45) is 17.8 Å². The molecule has 1 saturated heterocycles. The fourth-order valence-electron chi connectivity index (χ4n) is 4.69. The molecule has 1 aliphatic carbocycles. The monoisotopic (exact) mass is 409 g/mol. The molecule has 7 heteroatoms. The minimum absolute atomic E-state index is 0.0169. The Kier molecular flexibility index (Phi) is 5.08. The summed E-state index contributed by atoms with van der Waals surface area (Å²) in [6.45, 7) is 5.09. The molecule has 0 spiro atoms. The number of aliphatic hydroxyl groups is 1. The number of hydrogen-bond acceptors (Lipinski definition) is 6. The Morgan fingerprint density at radius 3 is 2.77 bits per heavy atom. The van der Waals surface area contributed by atoms with E-state index in [0.29, 0.717) is 30.1 Å². The van der Waals surface area contributed by atoms with Crippen LogP contribution in [0.2, 0.25) is 0 Å². The van der Waals surface area contributed by atoms with Crippen molar-refractivity contribution in [2.75, 3.05) is 26.3 Å². The van der Waals surface area contributed by atoms with Gasteiger partial charge in [-0.15, -0.1) is 0 Å². The van der Waals surface area contributed by atoms with Crippen LogP contribution >= 0.6 is 0 Å². The Bertz CT molecular complexity index is 907.